The largest absolute Gasteiger partial charge is 0.487 e. The van der Waals surface area contributed by atoms with Gasteiger partial charge in [0.1, 0.15) is 0 Å². The Morgan fingerprint density at radius 3 is 2.68 bits per heavy atom. The van der Waals surface area contributed by atoms with E-state index in [1.165, 1.54) is 6.07 Å². The molecule has 0 fully saturated rings. The van der Waals surface area contributed by atoms with Crippen molar-refractivity contribution in [3.8, 4) is 5.75 Å². The van der Waals surface area contributed by atoms with Gasteiger partial charge in [-0.15, -0.1) is 0 Å². The minimum atomic E-state index is -0.822. The average molecular weight is 332 g/mol. The van der Waals surface area contributed by atoms with Crippen LogP contribution in [0.25, 0.3) is 0 Å². The van der Waals surface area contributed by atoms with Crippen LogP contribution in [0.5, 0.6) is 5.75 Å². The number of ether oxygens (including phenoxy) is 1. The number of rotatable bonds is 7. The molecule has 1 N–H and O–H groups in total. The van der Waals surface area contributed by atoms with Crippen LogP contribution < -0.4 is 4.74 Å². The molecule has 1 rings (SSSR count). The summed E-state index contributed by atoms with van der Waals surface area (Å²) < 4.78 is 6.08. The van der Waals surface area contributed by atoms with Gasteiger partial charge in [-0.25, -0.2) is 0 Å². The van der Waals surface area contributed by atoms with Gasteiger partial charge in [0, 0.05) is 16.1 Å². The van der Waals surface area contributed by atoms with E-state index in [-0.39, 0.29) is 11.4 Å². The predicted octanol–water partition coefficient (Wildman–Crippen LogP) is 3.98. The number of nitrogens with zero attached hydrogens (tertiary/aromatic N) is 1. The second kappa shape index (κ2) is 7.45. The third-order valence-corrected chi connectivity index (χ3v) is 3.16. The molecule has 0 bridgehead atoms. The number of nitro groups is 1. The molecule has 0 unspecified atom stereocenters. The standard InChI is InChI=1S/C13H18BrNO4/c1-3-4-5-6-19-13-11(9(2)16)7-10(14)8-12(13)15(17)18/h7-9,16H,3-6H2,1-2H3/t9-/m0/s1. The highest BCUT2D eigenvalue weighted by Gasteiger charge is 2.23. The van der Waals surface area contributed by atoms with E-state index in [4.69, 9.17) is 4.74 Å². The number of aliphatic hydroxyl groups is 1. The summed E-state index contributed by atoms with van der Waals surface area (Å²) in [5, 5.41) is 20.8. The van der Waals surface area contributed by atoms with Gasteiger partial charge in [-0.1, -0.05) is 35.7 Å². The highest BCUT2D eigenvalue weighted by atomic mass is 79.9. The molecule has 1 atom stereocenters. The number of aliphatic hydroxyl groups excluding tert-OH is 1. The van der Waals surface area contributed by atoms with Crippen LogP contribution >= 0.6 is 15.9 Å². The molecule has 0 saturated carbocycles. The summed E-state index contributed by atoms with van der Waals surface area (Å²) in [6.45, 7) is 4.05. The van der Waals surface area contributed by atoms with Gasteiger partial charge >= 0.3 is 5.69 Å². The molecule has 1 aromatic carbocycles. The van der Waals surface area contributed by atoms with Crippen LogP contribution in [0, 0.1) is 10.1 Å². The van der Waals surface area contributed by atoms with E-state index in [2.05, 4.69) is 22.9 Å². The van der Waals surface area contributed by atoms with Gasteiger partial charge in [0.2, 0.25) is 5.75 Å². The summed E-state index contributed by atoms with van der Waals surface area (Å²) in [5.74, 6) is 0.166. The van der Waals surface area contributed by atoms with Gasteiger partial charge in [-0.05, 0) is 19.4 Å². The van der Waals surface area contributed by atoms with Gasteiger partial charge in [-0.2, -0.15) is 0 Å². The molecule has 0 spiro atoms. The van der Waals surface area contributed by atoms with Crippen LogP contribution in [0.4, 0.5) is 5.69 Å². The maximum Gasteiger partial charge on any atom is 0.312 e. The second-order valence-electron chi connectivity index (χ2n) is 4.33. The van der Waals surface area contributed by atoms with E-state index in [9.17, 15) is 15.2 Å². The summed E-state index contributed by atoms with van der Waals surface area (Å²) in [6.07, 6.45) is 2.07. The Bertz CT molecular complexity index is 449. The highest BCUT2D eigenvalue weighted by molar-refractivity contribution is 9.10. The van der Waals surface area contributed by atoms with E-state index in [0.29, 0.717) is 16.6 Å². The van der Waals surface area contributed by atoms with Crippen LogP contribution in [0.3, 0.4) is 0 Å². The summed E-state index contributed by atoms with van der Waals surface area (Å²) in [7, 11) is 0. The molecule has 0 saturated heterocycles. The van der Waals surface area contributed by atoms with Gasteiger partial charge in [-0.3, -0.25) is 10.1 Å². The number of hydrogen-bond acceptors (Lipinski definition) is 4. The monoisotopic (exact) mass is 331 g/mol. The lowest BCUT2D eigenvalue weighted by molar-refractivity contribution is -0.386. The van der Waals surface area contributed by atoms with Crippen LogP contribution in [0.15, 0.2) is 16.6 Å². The van der Waals surface area contributed by atoms with Crippen molar-refractivity contribution in [2.24, 2.45) is 0 Å². The zero-order valence-corrected chi connectivity index (χ0v) is 12.6. The Morgan fingerprint density at radius 1 is 1.47 bits per heavy atom. The molecule has 1 aromatic rings. The van der Waals surface area contributed by atoms with E-state index < -0.39 is 11.0 Å². The fourth-order valence-electron chi connectivity index (χ4n) is 1.73. The minimum absolute atomic E-state index is 0.123. The Morgan fingerprint density at radius 2 is 2.16 bits per heavy atom. The normalized spacial score (nSPS) is 12.2. The topological polar surface area (TPSA) is 72.6 Å². The third-order valence-electron chi connectivity index (χ3n) is 2.70. The molecule has 19 heavy (non-hydrogen) atoms. The number of benzene rings is 1. The van der Waals surface area contributed by atoms with Crippen LogP contribution in [0.1, 0.15) is 44.8 Å². The molecule has 6 heteroatoms. The van der Waals surface area contributed by atoms with Crippen LogP contribution in [-0.4, -0.2) is 16.6 Å². The Hall–Kier alpha value is -1.14. The maximum absolute atomic E-state index is 11.1. The molecule has 0 heterocycles. The average Bonchev–Trinajstić information content (AvgIpc) is 2.34. The first kappa shape index (κ1) is 15.9. The predicted molar refractivity (Wildman–Crippen MR) is 76.5 cm³/mol. The molecule has 0 radical (unpaired) electrons. The van der Waals surface area contributed by atoms with Gasteiger partial charge < -0.3 is 9.84 Å². The van der Waals surface area contributed by atoms with E-state index >= 15 is 0 Å². The Balaban J connectivity index is 3.05. The number of halogens is 1. The van der Waals surface area contributed by atoms with Crippen molar-refractivity contribution in [1.29, 1.82) is 0 Å². The zero-order chi connectivity index (χ0) is 14.4. The van der Waals surface area contributed by atoms with Gasteiger partial charge in [0.05, 0.1) is 17.6 Å². The molecule has 5 nitrogen and oxygen atoms in total. The summed E-state index contributed by atoms with van der Waals surface area (Å²) in [4.78, 5) is 10.6. The van der Waals surface area contributed by atoms with Crippen molar-refractivity contribution < 1.29 is 14.8 Å². The second-order valence-corrected chi connectivity index (χ2v) is 5.25. The van der Waals surface area contributed by atoms with Crippen molar-refractivity contribution in [2.75, 3.05) is 6.61 Å². The lowest BCUT2D eigenvalue weighted by atomic mass is 10.1. The summed E-state index contributed by atoms with van der Waals surface area (Å²) in [6, 6.07) is 3.04. The van der Waals surface area contributed by atoms with E-state index in [0.717, 1.165) is 19.3 Å². The fraction of sp³-hybridized carbons (Fsp3) is 0.538. The van der Waals surface area contributed by atoms with Gasteiger partial charge in [0.15, 0.2) is 0 Å². The molecule has 0 amide bonds. The van der Waals surface area contributed by atoms with Crippen LogP contribution in [0.2, 0.25) is 0 Å². The quantitative estimate of drug-likeness (QED) is 0.466. The first-order chi connectivity index (χ1) is 8.97. The molecule has 0 aliphatic rings. The molecular formula is C13H18BrNO4. The van der Waals surface area contributed by atoms with E-state index in [1.807, 2.05) is 0 Å². The molecule has 0 aromatic heterocycles. The molecule has 0 aliphatic carbocycles. The number of hydrogen-bond donors (Lipinski definition) is 1. The zero-order valence-electron chi connectivity index (χ0n) is 11.1. The number of nitro benzene ring substituents is 1. The van der Waals surface area contributed by atoms with Crippen molar-refractivity contribution >= 4 is 21.6 Å². The van der Waals surface area contributed by atoms with Gasteiger partial charge in [0.25, 0.3) is 0 Å². The third kappa shape index (κ3) is 4.47. The minimum Gasteiger partial charge on any atom is -0.487 e. The van der Waals surface area contributed by atoms with Crippen molar-refractivity contribution in [3.05, 3.63) is 32.3 Å². The summed E-state index contributed by atoms with van der Waals surface area (Å²) in [5.41, 5.74) is 0.305. The lowest BCUT2D eigenvalue weighted by Crippen LogP contribution is -2.05. The SMILES string of the molecule is CCCCCOc1c([C@H](C)O)cc(Br)cc1[N+](=O)[O-]. The first-order valence-electron chi connectivity index (χ1n) is 6.26. The van der Waals surface area contributed by atoms with Crippen molar-refractivity contribution in [1.82, 2.24) is 0 Å². The maximum atomic E-state index is 11.1. The smallest absolute Gasteiger partial charge is 0.312 e. The molecular weight excluding hydrogens is 314 g/mol. The number of unbranched alkanes of at least 4 members (excludes halogenated alkanes) is 2. The summed E-state index contributed by atoms with van der Waals surface area (Å²) >= 11 is 3.21. The van der Waals surface area contributed by atoms with Crippen LogP contribution in [-0.2, 0) is 0 Å². The van der Waals surface area contributed by atoms with Crippen molar-refractivity contribution in [3.63, 3.8) is 0 Å². The van der Waals surface area contributed by atoms with Crippen molar-refractivity contribution in [2.45, 2.75) is 39.2 Å². The highest BCUT2D eigenvalue weighted by Crippen LogP contribution is 2.37. The molecule has 106 valence electrons. The lowest BCUT2D eigenvalue weighted by Gasteiger charge is -2.14. The Kier molecular flexibility index (Phi) is 6.24. The fourth-order valence-corrected chi connectivity index (χ4v) is 2.19. The first-order valence-corrected chi connectivity index (χ1v) is 7.05. The van der Waals surface area contributed by atoms with E-state index in [1.54, 1.807) is 13.0 Å². The Labute approximate surface area is 120 Å². The molecule has 0 aliphatic heterocycles.